The Bertz CT molecular complexity index is 289. The molecule has 0 saturated carbocycles. The number of hydrogen-bond acceptors (Lipinski definition) is 4. The number of ether oxygens (including phenoxy) is 1. The maximum absolute atomic E-state index is 10.7. The van der Waals surface area contributed by atoms with Gasteiger partial charge in [-0.3, -0.25) is 4.79 Å². The molecule has 0 spiro atoms. The summed E-state index contributed by atoms with van der Waals surface area (Å²) in [7, 11) is -1.86. The third kappa shape index (κ3) is 7.39. The van der Waals surface area contributed by atoms with Crippen molar-refractivity contribution in [2.75, 3.05) is 13.4 Å². The Morgan fingerprint density at radius 2 is 2.15 bits per heavy atom. The Labute approximate surface area is 78.5 Å². The SMILES string of the molecule is [CH2+]C(/C=C/S(C)(=O)=O)CC(=O)OC. The molecule has 74 valence electrons. The van der Waals surface area contributed by atoms with Crippen LogP contribution in [-0.4, -0.2) is 27.8 Å². The van der Waals surface area contributed by atoms with Gasteiger partial charge in [0, 0.05) is 11.7 Å². The van der Waals surface area contributed by atoms with Gasteiger partial charge in [-0.15, -0.1) is 0 Å². The molecular formula is C8H13O4S+. The molecule has 0 amide bonds. The normalized spacial score (nSPS) is 14.3. The molecular weight excluding hydrogens is 192 g/mol. The number of carbonyl (C=O) groups excluding carboxylic acids is 1. The van der Waals surface area contributed by atoms with Crippen molar-refractivity contribution < 1.29 is 17.9 Å². The summed E-state index contributed by atoms with van der Waals surface area (Å²) in [6.07, 6.45) is 2.53. The van der Waals surface area contributed by atoms with E-state index >= 15 is 0 Å². The first-order valence-electron chi connectivity index (χ1n) is 3.63. The van der Waals surface area contributed by atoms with Crippen LogP contribution in [0.2, 0.25) is 0 Å². The van der Waals surface area contributed by atoms with Crippen LogP contribution in [-0.2, 0) is 19.4 Å². The molecule has 1 unspecified atom stereocenters. The van der Waals surface area contributed by atoms with E-state index in [1.807, 2.05) is 0 Å². The topological polar surface area (TPSA) is 60.4 Å². The second-order valence-electron chi connectivity index (χ2n) is 2.70. The van der Waals surface area contributed by atoms with Crippen LogP contribution in [0.3, 0.4) is 0 Å². The fraction of sp³-hybridized carbons (Fsp3) is 0.500. The van der Waals surface area contributed by atoms with Crippen molar-refractivity contribution >= 4 is 15.8 Å². The summed E-state index contributed by atoms with van der Waals surface area (Å²) in [5, 5.41) is 1.04. The van der Waals surface area contributed by atoms with Crippen LogP contribution in [0, 0.1) is 12.8 Å². The zero-order valence-corrected chi connectivity index (χ0v) is 8.50. The molecule has 13 heavy (non-hydrogen) atoms. The number of rotatable bonds is 4. The van der Waals surface area contributed by atoms with Crippen LogP contribution < -0.4 is 0 Å². The summed E-state index contributed by atoms with van der Waals surface area (Å²) in [5.41, 5.74) is 0. The first-order chi connectivity index (χ1) is 5.85. The quantitative estimate of drug-likeness (QED) is 0.497. The lowest BCUT2D eigenvalue weighted by Gasteiger charge is -1.97. The standard InChI is InChI=1S/C8H13O4S/c1-7(6-8(9)12-2)4-5-13(3,10)11/h4-5,7H,1,6H2,2-3H3/q+1/b5-4+. The second kappa shape index (κ2) is 4.91. The minimum atomic E-state index is -3.13. The van der Waals surface area contributed by atoms with Crippen molar-refractivity contribution in [3.8, 4) is 0 Å². The van der Waals surface area contributed by atoms with Gasteiger partial charge < -0.3 is 4.74 Å². The molecule has 0 radical (unpaired) electrons. The van der Waals surface area contributed by atoms with Gasteiger partial charge >= 0.3 is 5.97 Å². The van der Waals surface area contributed by atoms with Crippen molar-refractivity contribution in [1.29, 1.82) is 0 Å². The third-order valence-corrected chi connectivity index (χ3v) is 1.91. The lowest BCUT2D eigenvalue weighted by atomic mass is 10.1. The summed E-state index contributed by atoms with van der Waals surface area (Å²) >= 11 is 0. The van der Waals surface area contributed by atoms with E-state index in [1.165, 1.54) is 13.2 Å². The molecule has 0 rings (SSSR count). The number of hydrogen-bond donors (Lipinski definition) is 0. The Morgan fingerprint density at radius 1 is 1.62 bits per heavy atom. The van der Waals surface area contributed by atoms with Crippen molar-refractivity contribution in [3.05, 3.63) is 18.4 Å². The molecule has 0 saturated heterocycles. The summed E-state index contributed by atoms with van der Waals surface area (Å²) in [6.45, 7) is 3.58. The molecule has 0 aliphatic carbocycles. The van der Waals surface area contributed by atoms with Crippen molar-refractivity contribution in [1.82, 2.24) is 0 Å². The van der Waals surface area contributed by atoms with Crippen molar-refractivity contribution in [3.63, 3.8) is 0 Å². The van der Waals surface area contributed by atoms with Gasteiger partial charge in [0.2, 0.25) is 0 Å². The van der Waals surface area contributed by atoms with Gasteiger partial charge in [0.05, 0.1) is 20.5 Å². The number of methoxy groups -OCH3 is 1. The van der Waals surface area contributed by atoms with Gasteiger partial charge in [-0.25, -0.2) is 8.42 Å². The zero-order valence-electron chi connectivity index (χ0n) is 7.69. The number of esters is 1. The van der Waals surface area contributed by atoms with Gasteiger partial charge in [0.1, 0.15) is 5.92 Å². The molecule has 0 heterocycles. The first kappa shape index (κ1) is 12.0. The Morgan fingerprint density at radius 3 is 2.54 bits per heavy atom. The Kier molecular flexibility index (Phi) is 4.55. The number of allylic oxidation sites excluding steroid dienone is 1. The first-order valence-corrected chi connectivity index (χ1v) is 5.59. The van der Waals surface area contributed by atoms with Gasteiger partial charge in [-0.1, -0.05) is 0 Å². The fourth-order valence-corrected chi connectivity index (χ4v) is 1.13. The van der Waals surface area contributed by atoms with Gasteiger partial charge in [0.15, 0.2) is 9.84 Å². The molecule has 0 aromatic carbocycles. The van der Waals surface area contributed by atoms with Crippen LogP contribution in [0.4, 0.5) is 0 Å². The Hall–Kier alpha value is -0.970. The van der Waals surface area contributed by atoms with E-state index in [2.05, 4.69) is 11.7 Å². The minimum Gasteiger partial charge on any atom is -0.469 e. The molecule has 4 nitrogen and oxygen atoms in total. The Balaban J connectivity index is 4.09. The summed E-state index contributed by atoms with van der Waals surface area (Å²) < 4.78 is 25.7. The van der Waals surface area contributed by atoms with E-state index < -0.39 is 15.8 Å². The molecule has 0 aliphatic heterocycles. The smallest absolute Gasteiger partial charge is 0.310 e. The average molecular weight is 205 g/mol. The molecule has 5 heteroatoms. The highest BCUT2D eigenvalue weighted by Gasteiger charge is 2.11. The van der Waals surface area contributed by atoms with Crippen molar-refractivity contribution in [2.24, 2.45) is 5.92 Å². The maximum Gasteiger partial charge on any atom is 0.310 e. The van der Waals surface area contributed by atoms with Crippen molar-refractivity contribution in [2.45, 2.75) is 6.42 Å². The molecule has 0 aliphatic rings. The maximum atomic E-state index is 10.7. The van der Waals surface area contributed by atoms with E-state index in [0.29, 0.717) is 0 Å². The van der Waals surface area contributed by atoms with Crippen LogP contribution in [0.5, 0.6) is 0 Å². The summed E-state index contributed by atoms with van der Waals surface area (Å²) in [5.74, 6) is -0.777. The third-order valence-electron chi connectivity index (χ3n) is 1.25. The van der Waals surface area contributed by atoms with E-state index in [-0.39, 0.29) is 12.3 Å². The highest BCUT2D eigenvalue weighted by atomic mass is 32.2. The fourth-order valence-electron chi connectivity index (χ4n) is 0.619. The van der Waals surface area contributed by atoms with Gasteiger partial charge in [-0.2, -0.15) is 0 Å². The number of carbonyl (C=O) groups is 1. The molecule has 0 N–H and O–H groups in total. The summed E-state index contributed by atoms with van der Waals surface area (Å²) in [6, 6.07) is 0. The van der Waals surface area contributed by atoms with Gasteiger partial charge in [0.25, 0.3) is 0 Å². The van der Waals surface area contributed by atoms with E-state index in [1.54, 1.807) is 0 Å². The largest absolute Gasteiger partial charge is 0.469 e. The second-order valence-corrected chi connectivity index (χ2v) is 4.63. The highest BCUT2D eigenvalue weighted by Crippen LogP contribution is 2.05. The monoisotopic (exact) mass is 205 g/mol. The molecule has 0 aromatic rings. The molecule has 0 aromatic heterocycles. The predicted molar refractivity (Wildman–Crippen MR) is 49.5 cm³/mol. The van der Waals surface area contributed by atoms with Crippen LogP contribution in [0.15, 0.2) is 11.5 Å². The van der Waals surface area contributed by atoms with Crippen LogP contribution in [0.25, 0.3) is 0 Å². The molecule has 0 bridgehead atoms. The average Bonchev–Trinajstić information content (AvgIpc) is 1.99. The predicted octanol–water partition coefficient (Wildman–Crippen LogP) is 0.558. The van der Waals surface area contributed by atoms with E-state index in [4.69, 9.17) is 0 Å². The summed E-state index contributed by atoms with van der Waals surface area (Å²) in [4.78, 5) is 10.7. The van der Waals surface area contributed by atoms with Crippen LogP contribution in [0.1, 0.15) is 6.42 Å². The lowest BCUT2D eigenvalue weighted by Crippen LogP contribution is -2.05. The van der Waals surface area contributed by atoms with Gasteiger partial charge in [-0.05, 0) is 6.08 Å². The van der Waals surface area contributed by atoms with E-state index in [9.17, 15) is 13.2 Å². The lowest BCUT2D eigenvalue weighted by molar-refractivity contribution is -0.141. The highest BCUT2D eigenvalue weighted by molar-refractivity contribution is 7.93. The molecule has 1 atom stereocenters. The zero-order chi connectivity index (χ0) is 10.5. The molecule has 0 fully saturated rings. The van der Waals surface area contributed by atoms with E-state index in [0.717, 1.165) is 11.7 Å². The number of sulfone groups is 1. The van der Waals surface area contributed by atoms with Crippen LogP contribution >= 0.6 is 0 Å². The minimum absolute atomic E-state index is 0.0858.